The molecular formula is C25H32N2O7. The third kappa shape index (κ3) is 5.89. The molecule has 0 radical (unpaired) electrons. The van der Waals surface area contributed by atoms with Gasteiger partial charge in [0.15, 0.2) is 11.5 Å². The van der Waals surface area contributed by atoms with Crippen LogP contribution in [0.2, 0.25) is 0 Å². The van der Waals surface area contributed by atoms with Gasteiger partial charge < -0.3 is 29.0 Å². The summed E-state index contributed by atoms with van der Waals surface area (Å²) in [4.78, 5) is 29.0. The molecule has 1 N–H and O–H groups in total. The van der Waals surface area contributed by atoms with Crippen molar-refractivity contribution < 1.29 is 33.3 Å². The predicted molar refractivity (Wildman–Crippen MR) is 125 cm³/mol. The SMILES string of the molecule is CCOc1cc([C@H]2C[C@H](OC(C)=O)CC[C@H]2NC(=O)c2ccc(OC)nc2OC)ccc1OC. The second-order valence-corrected chi connectivity index (χ2v) is 7.98. The quantitative estimate of drug-likeness (QED) is 0.553. The molecule has 3 rings (SSSR count). The van der Waals surface area contributed by atoms with E-state index in [4.69, 9.17) is 23.7 Å². The minimum atomic E-state index is -0.315. The lowest BCUT2D eigenvalue weighted by Gasteiger charge is -2.36. The Bertz CT molecular complexity index is 1010. The second kappa shape index (κ2) is 11.6. The second-order valence-electron chi connectivity index (χ2n) is 7.98. The van der Waals surface area contributed by atoms with Gasteiger partial charge in [-0.3, -0.25) is 9.59 Å². The first kappa shape index (κ1) is 25.1. The topological polar surface area (TPSA) is 105 Å². The van der Waals surface area contributed by atoms with Gasteiger partial charge in [-0.15, -0.1) is 0 Å². The monoisotopic (exact) mass is 472 g/mol. The molecule has 1 aromatic heterocycles. The van der Waals surface area contributed by atoms with Crippen molar-refractivity contribution >= 4 is 11.9 Å². The van der Waals surface area contributed by atoms with Gasteiger partial charge in [-0.25, -0.2) is 0 Å². The van der Waals surface area contributed by atoms with Gasteiger partial charge in [0.25, 0.3) is 5.91 Å². The van der Waals surface area contributed by atoms with Gasteiger partial charge in [0.2, 0.25) is 11.8 Å². The summed E-state index contributed by atoms with van der Waals surface area (Å²) >= 11 is 0. The zero-order chi connectivity index (χ0) is 24.7. The maximum atomic E-state index is 13.2. The van der Waals surface area contributed by atoms with Gasteiger partial charge in [-0.2, -0.15) is 4.98 Å². The number of rotatable bonds is 9. The first-order chi connectivity index (χ1) is 16.4. The first-order valence-electron chi connectivity index (χ1n) is 11.3. The Labute approximate surface area is 199 Å². The van der Waals surface area contributed by atoms with E-state index in [9.17, 15) is 9.59 Å². The van der Waals surface area contributed by atoms with Crippen molar-refractivity contribution in [2.45, 2.75) is 51.2 Å². The van der Waals surface area contributed by atoms with Crippen molar-refractivity contribution in [2.24, 2.45) is 0 Å². The zero-order valence-electron chi connectivity index (χ0n) is 20.3. The standard InChI is InChI=1S/C25H32N2O7/c1-6-33-22-13-16(7-11-21(22)30-3)19-14-17(34-15(2)28)8-10-20(19)26-24(29)18-9-12-23(31-4)27-25(18)32-5/h7,9,11-13,17,19-20H,6,8,10,14H2,1-5H3,(H,26,29)/t17-,19-,20-/m1/s1. The molecule has 0 spiro atoms. The highest BCUT2D eigenvalue weighted by molar-refractivity contribution is 5.96. The Balaban J connectivity index is 1.90. The van der Waals surface area contributed by atoms with Crippen molar-refractivity contribution in [3.05, 3.63) is 41.5 Å². The average molecular weight is 473 g/mol. The number of ether oxygens (including phenoxy) is 5. The molecule has 1 aromatic carbocycles. The van der Waals surface area contributed by atoms with Crippen molar-refractivity contribution in [1.29, 1.82) is 0 Å². The molecule has 1 heterocycles. The summed E-state index contributed by atoms with van der Waals surface area (Å²) in [5.41, 5.74) is 1.28. The molecule has 9 nitrogen and oxygen atoms in total. The normalized spacial score (nSPS) is 19.6. The van der Waals surface area contributed by atoms with Crippen LogP contribution in [0.15, 0.2) is 30.3 Å². The highest BCUT2D eigenvalue weighted by atomic mass is 16.5. The van der Waals surface area contributed by atoms with E-state index >= 15 is 0 Å². The van der Waals surface area contributed by atoms with Gasteiger partial charge in [0.05, 0.1) is 27.9 Å². The Hall–Kier alpha value is -3.49. The van der Waals surface area contributed by atoms with Gasteiger partial charge in [-0.05, 0) is 49.9 Å². The molecule has 0 bridgehead atoms. The van der Waals surface area contributed by atoms with Crippen LogP contribution >= 0.6 is 0 Å². The Morgan fingerprint density at radius 1 is 1.03 bits per heavy atom. The van der Waals surface area contributed by atoms with E-state index < -0.39 is 0 Å². The third-order valence-corrected chi connectivity index (χ3v) is 5.85. The lowest BCUT2D eigenvalue weighted by atomic mass is 9.78. The van der Waals surface area contributed by atoms with Crippen LogP contribution in [0.4, 0.5) is 0 Å². The van der Waals surface area contributed by atoms with E-state index in [1.165, 1.54) is 21.1 Å². The number of amides is 1. The number of aromatic nitrogens is 1. The fourth-order valence-corrected chi connectivity index (χ4v) is 4.32. The minimum absolute atomic E-state index is 0.107. The molecule has 184 valence electrons. The number of hydrogen-bond acceptors (Lipinski definition) is 8. The van der Waals surface area contributed by atoms with Crippen LogP contribution in [0.3, 0.4) is 0 Å². The number of nitrogens with one attached hydrogen (secondary N) is 1. The van der Waals surface area contributed by atoms with E-state index in [0.29, 0.717) is 48.8 Å². The van der Waals surface area contributed by atoms with Crippen molar-refractivity contribution in [2.75, 3.05) is 27.9 Å². The van der Waals surface area contributed by atoms with Gasteiger partial charge in [-0.1, -0.05) is 6.07 Å². The van der Waals surface area contributed by atoms with Gasteiger partial charge in [0.1, 0.15) is 11.7 Å². The van der Waals surface area contributed by atoms with E-state index in [2.05, 4.69) is 10.3 Å². The molecule has 0 unspecified atom stereocenters. The molecule has 1 saturated carbocycles. The Kier molecular flexibility index (Phi) is 8.56. The number of esters is 1. The number of nitrogens with zero attached hydrogens (tertiary/aromatic N) is 1. The van der Waals surface area contributed by atoms with E-state index in [0.717, 1.165) is 5.56 Å². The predicted octanol–water partition coefficient (Wildman–Crippen LogP) is 3.50. The number of benzene rings is 1. The summed E-state index contributed by atoms with van der Waals surface area (Å²) in [6.07, 6.45) is 1.62. The Morgan fingerprint density at radius 2 is 1.82 bits per heavy atom. The fourth-order valence-electron chi connectivity index (χ4n) is 4.32. The highest BCUT2D eigenvalue weighted by Crippen LogP contribution is 2.39. The van der Waals surface area contributed by atoms with E-state index in [-0.39, 0.29) is 35.8 Å². The smallest absolute Gasteiger partial charge is 0.302 e. The summed E-state index contributed by atoms with van der Waals surface area (Å²) < 4.78 is 27.1. The fraction of sp³-hybridized carbons (Fsp3) is 0.480. The van der Waals surface area contributed by atoms with Crippen molar-refractivity contribution in [3.8, 4) is 23.3 Å². The zero-order valence-corrected chi connectivity index (χ0v) is 20.3. The van der Waals surface area contributed by atoms with Gasteiger partial charge >= 0.3 is 5.97 Å². The summed E-state index contributed by atoms with van der Waals surface area (Å²) in [5.74, 6) is 1.08. The summed E-state index contributed by atoms with van der Waals surface area (Å²) in [6, 6.07) is 8.78. The highest BCUT2D eigenvalue weighted by Gasteiger charge is 2.35. The van der Waals surface area contributed by atoms with Crippen LogP contribution in [-0.4, -0.2) is 56.9 Å². The van der Waals surface area contributed by atoms with Crippen LogP contribution in [0.5, 0.6) is 23.3 Å². The van der Waals surface area contributed by atoms with Crippen LogP contribution in [0, 0.1) is 0 Å². The number of hydrogen-bond donors (Lipinski definition) is 1. The molecular weight excluding hydrogens is 440 g/mol. The van der Waals surface area contributed by atoms with Gasteiger partial charge in [0, 0.05) is 24.9 Å². The number of pyridine rings is 1. The maximum absolute atomic E-state index is 13.2. The largest absolute Gasteiger partial charge is 0.493 e. The van der Waals surface area contributed by atoms with Crippen LogP contribution in [0.1, 0.15) is 54.9 Å². The average Bonchev–Trinajstić information content (AvgIpc) is 2.84. The van der Waals surface area contributed by atoms with Crippen molar-refractivity contribution in [1.82, 2.24) is 10.3 Å². The van der Waals surface area contributed by atoms with Crippen LogP contribution in [-0.2, 0) is 9.53 Å². The molecule has 1 fully saturated rings. The Morgan fingerprint density at radius 3 is 2.47 bits per heavy atom. The number of carbonyl (C=O) groups excluding carboxylic acids is 2. The third-order valence-electron chi connectivity index (χ3n) is 5.85. The summed E-state index contributed by atoms with van der Waals surface area (Å²) in [6.45, 7) is 3.81. The maximum Gasteiger partial charge on any atom is 0.302 e. The lowest BCUT2D eigenvalue weighted by Crippen LogP contribution is -2.44. The molecule has 1 aliphatic carbocycles. The van der Waals surface area contributed by atoms with Crippen LogP contribution < -0.4 is 24.3 Å². The summed E-state index contributed by atoms with van der Waals surface area (Å²) in [7, 11) is 4.55. The molecule has 34 heavy (non-hydrogen) atoms. The molecule has 3 atom stereocenters. The lowest BCUT2D eigenvalue weighted by molar-refractivity contribution is -0.148. The first-order valence-corrected chi connectivity index (χ1v) is 11.3. The molecule has 2 aromatic rings. The van der Waals surface area contributed by atoms with Crippen molar-refractivity contribution in [3.63, 3.8) is 0 Å². The van der Waals surface area contributed by atoms with Crippen LogP contribution in [0.25, 0.3) is 0 Å². The number of carbonyl (C=O) groups is 2. The molecule has 0 aliphatic heterocycles. The van der Waals surface area contributed by atoms with E-state index in [1.807, 2.05) is 25.1 Å². The summed E-state index contributed by atoms with van der Waals surface area (Å²) in [5, 5.41) is 3.14. The molecule has 1 amide bonds. The molecule has 1 aliphatic rings. The molecule has 9 heteroatoms. The van der Waals surface area contributed by atoms with E-state index in [1.54, 1.807) is 19.2 Å². The minimum Gasteiger partial charge on any atom is -0.493 e. The number of methoxy groups -OCH3 is 3. The molecule has 0 saturated heterocycles.